The Hall–Kier alpha value is -2.84. The molecule has 0 aliphatic heterocycles. The molecule has 0 atom stereocenters. The van der Waals surface area contributed by atoms with Gasteiger partial charge in [-0.25, -0.2) is 9.78 Å². The van der Waals surface area contributed by atoms with E-state index in [2.05, 4.69) is 4.98 Å². The number of nitrogens with zero attached hydrogens (tertiary/aromatic N) is 3. The molecule has 26 heavy (non-hydrogen) atoms. The molecule has 3 heterocycles. The second-order valence-corrected chi connectivity index (χ2v) is 6.38. The highest BCUT2D eigenvalue weighted by Gasteiger charge is 2.36. The fraction of sp³-hybridized carbons (Fsp3) is 0.353. The van der Waals surface area contributed by atoms with Crippen LogP contribution in [0, 0.1) is 5.92 Å². The molecule has 0 N–H and O–H groups in total. The lowest BCUT2D eigenvalue weighted by molar-refractivity contribution is -0.136. The van der Waals surface area contributed by atoms with Crippen LogP contribution in [0.25, 0.3) is 22.5 Å². The third-order valence-electron chi connectivity index (χ3n) is 3.92. The van der Waals surface area contributed by atoms with Crippen molar-refractivity contribution in [2.45, 2.75) is 26.6 Å². The van der Waals surface area contributed by atoms with Crippen LogP contribution < -0.4 is 11.2 Å². The predicted molar refractivity (Wildman–Crippen MR) is 88.8 cm³/mol. The van der Waals surface area contributed by atoms with Gasteiger partial charge in [0.2, 0.25) is 0 Å². The maximum absolute atomic E-state index is 13.7. The van der Waals surface area contributed by atoms with Gasteiger partial charge in [-0.1, -0.05) is 13.8 Å². The lowest BCUT2D eigenvalue weighted by Crippen LogP contribution is -2.40. The van der Waals surface area contributed by atoms with Gasteiger partial charge in [0.15, 0.2) is 11.4 Å². The van der Waals surface area contributed by atoms with Crippen molar-refractivity contribution < 1.29 is 17.6 Å². The standard InChI is InChI=1S/C17H16F3N3O3/c1-9(2)8-23-14-13(15(24)22(3)16(23)25)10(17(18,19)20)7-11(21-14)12-5-4-6-26-12/h4-7,9H,8H2,1-3H3. The number of fused-ring (bicyclic) bond motifs is 1. The Bertz CT molecular complexity index is 1080. The molecule has 0 saturated carbocycles. The number of alkyl halides is 3. The molecule has 0 spiro atoms. The predicted octanol–water partition coefficient (Wildman–Crippen LogP) is 3.03. The zero-order valence-corrected chi connectivity index (χ0v) is 14.3. The van der Waals surface area contributed by atoms with Crippen molar-refractivity contribution in [3.05, 3.63) is 50.9 Å². The molecule has 0 amide bonds. The summed E-state index contributed by atoms with van der Waals surface area (Å²) >= 11 is 0. The van der Waals surface area contributed by atoms with Crippen LogP contribution in [0.5, 0.6) is 0 Å². The summed E-state index contributed by atoms with van der Waals surface area (Å²) in [7, 11) is 1.15. The van der Waals surface area contributed by atoms with E-state index in [9.17, 15) is 22.8 Å². The normalized spacial score (nSPS) is 12.3. The largest absolute Gasteiger partial charge is 0.463 e. The summed E-state index contributed by atoms with van der Waals surface area (Å²) in [4.78, 5) is 29.1. The first-order valence-corrected chi connectivity index (χ1v) is 7.87. The van der Waals surface area contributed by atoms with Crippen LogP contribution in [0.15, 0.2) is 38.5 Å². The number of pyridine rings is 1. The zero-order valence-electron chi connectivity index (χ0n) is 14.3. The highest BCUT2D eigenvalue weighted by atomic mass is 19.4. The Morgan fingerprint density at radius 1 is 1.27 bits per heavy atom. The van der Waals surface area contributed by atoms with Crippen LogP contribution in [0.1, 0.15) is 19.4 Å². The van der Waals surface area contributed by atoms with Gasteiger partial charge in [-0.3, -0.25) is 13.9 Å². The van der Waals surface area contributed by atoms with E-state index < -0.39 is 28.4 Å². The molecule has 0 unspecified atom stereocenters. The summed E-state index contributed by atoms with van der Waals surface area (Å²) in [6.45, 7) is 3.74. The third kappa shape index (κ3) is 2.93. The molecule has 3 aromatic heterocycles. The molecular weight excluding hydrogens is 351 g/mol. The van der Waals surface area contributed by atoms with E-state index in [-0.39, 0.29) is 29.6 Å². The van der Waals surface area contributed by atoms with Crippen LogP contribution in [-0.2, 0) is 19.8 Å². The lowest BCUT2D eigenvalue weighted by atomic mass is 10.1. The Morgan fingerprint density at radius 3 is 2.50 bits per heavy atom. The average Bonchev–Trinajstić information content (AvgIpc) is 3.09. The van der Waals surface area contributed by atoms with E-state index in [4.69, 9.17) is 4.42 Å². The first-order valence-electron chi connectivity index (χ1n) is 7.87. The fourth-order valence-corrected chi connectivity index (χ4v) is 2.77. The molecule has 3 rings (SSSR count). The summed E-state index contributed by atoms with van der Waals surface area (Å²) in [6.07, 6.45) is -3.49. The smallest absolute Gasteiger partial charge is 0.417 e. The van der Waals surface area contributed by atoms with Crippen molar-refractivity contribution in [2.75, 3.05) is 0 Å². The number of hydrogen-bond donors (Lipinski definition) is 0. The van der Waals surface area contributed by atoms with Crippen LogP contribution >= 0.6 is 0 Å². The Labute approximate surface area is 145 Å². The number of hydrogen-bond acceptors (Lipinski definition) is 4. The minimum absolute atomic E-state index is 0.0446. The van der Waals surface area contributed by atoms with Crippen molar-refractivity contribution in [1.29, 1.82) is 0 Å². The van der Waals surface area contributed by atoms with E-state index in [1.165, 1.54) is 18.4 Å². The van der Waals surface area contributed by atoms with Crippen LogP contribution in [0.3, 0.4) is 0 Å². The SMILES string of the molecule is CC(C)Cn1c(=O)n(C)c(=O)c2c(C(F)(F)F)cc(-c3ccco3)nc21. The molecule has 9 heteroatoms. The number of aromatic nitrogens is 3. The van der Waals surface area contributed by atoms with Crippen molar-refractivity contribution in [3.8, 4) is 11.5 Å². The summed E-state index contributed by atoms with van der Waals surface area (Å²) < 4.78 is 47.9. The molecule has 0 aliphatic rings. The summed E-state index contributed by atoms with van der Waals surface area (Å²) in [5.41, 5.74) is -3.29. The van der Waals surface area contributed by atoms with E-state index in [1.54, 1.807) is 0 Å². The first kappa shape index (κ1) is 18.0. The number of halogens is 3. The maximum atomic E-state index is 13.7. The monoisotopic (exact) mass is 367 g/mol. The van der Waals surface area contributed by atoms with E-state index >= 15 is 0 Å². The molecular formula is C17H16F3N3O3. The highest BCUT2D eigenvalue weighted by Crippen LogP contribution is 2.35. The van der Waals surface area contributed by atoms with E-state index in [0.717, 1.165) is 17.7 Å². The molecule has 138 valence electrons. The summed E-state index contributed by atoms with van der Waals surface area (Å²) in [5.74, 6) is 0.0680. The second kappa shape index (κ2) is 6.15. The second-order valence-electron chi connectivity index (χ2n) is 6.38. The molecule has 0 aromatic carbocycles. The van der Waals surface area contributed by atoms with Gasteiger partial charge >= 0.3 is 11.9 Å². The number of rotatable bonds is 3. The van der Waals surface area contributed by atoms with Gasteiger partial charge < -0.3 is 4.42 Å². The first-order chi connectivity index (χ1) is 12.1. The molecule has 6 nitrogen and oxygen atoms in total. The topological polar surface area (TPSA) is 70.0 Å². The quantitative estimate of drug-likeness (QED) is 0.714. The minimum atomic E-state index is -4.80. The fourth-order valence-electron chi connectivity index (χ4n) is 2.77. The molecule has 0 aliphatic carbocycles. The molecule has 3 aromatic rings. The lowest BCUT2D eigenvalue weighted by Gasteiger charge is -2.17. The highest BCUT2D eigenvalue weighted by molar-refractivity contribution is 5.82. The maximum Gasteiger partial charge on any atom is 0.417 e. The van der Waals surface area contributed by atoms with Crippen LogP contribution in [0.4, 0.5) is 13.2 Å². The van der Waals surface area contributed by atoms with Crippen LogP contribution in [0.2, 0.25) is 0 Å². The average molecular weight is 367 g/mol. The van der Waals surface area contributed by atoms with Gasteiger partial charge in [0, 0.05) is 13.6 Å². The Balaban J connectivity index is 2.54. The summed E-state index contributed by atoms with van der Waals surface area (Å²) in [6, 6.07) is 3.74. The molecule has 0 fully saturated rings. The minimum Gasteiger partial charge on any atom is -0.463 e. The Morgan fingerprint density at radius 2 is 1.96 bits per heavy atom. The number of furan rings is 1. The summed E-state index contributed by atoms with van der Waals surface area (Å²) in [5, 5.41) is -0.629. The molecule has 0 bridgehead atoms. The van der Waals surface area contributed by atoms with E-state index in [1.807, 2.05) is 13.8 Å². The van der Waals surface area contributed by atoms with Gasteiger partial charge in [0.05, 0.1) is 17.2 Å². The van der Waals surface area contributed by atoms with Crippen molar-refractivity contribution in [1.82, 2.24) is 14.1 Å². The molecule has 0 radical (unpaired) electrons. The van der Waals surface area contributed by atoms with Gasteiger partial charge in [-0.15, -0.1) is 0 Å². The van der Waals surface area contributed by atoms with Crippen molar-refractivity contribution in [2.24, 2.45) is 13.0 Å². The van der Waals surface area contributed by atoms with E-state index in [0.29, 0.717) is 4.57 Å². The van der Waals surface area contributed by atoms with Gasteiger partial charge in [-0.2, -0.15) is 13.2 Å². The molecule has 0 saturated heterocycles. The third-order valence-corrected chi connectivity index (χ3v) is 3.92. The zero-order chi connectivity index (χ0) is 19.2. The Kier molecular flexibility index (Phi) is 4.25. The van der Waals surface area contributed by atoms with Gasteiger partial charge in [0.1, 0.15) is 5.69 Å². The van der Waals surface area contributed by atoms with Gasteiger partial charge in [-0.05, 0) is 24.1 Å². The van der Waals surface area contributed by atoms with Crippen molar-refractivity contribution in [3.63, 3.8) is 0 Å². The van der Waals surface area contributed by atoms with Gasteiger partial charge in [0.25, 0.3) is 5.56 Å². The van der Waals surface area contributed by atoms with Crippen molar-refractivity contribution >= 4 is 11.0 Å². The van der Waals surface area contributed by atoms with Crippen LogP contribution in [-0.4, -0.2) is 14.1 Å².